The topological polar surface area (TPSA) is 40.2 Å². The van der Waals surface area contributed by atoms with E-state index in [2.05, 4.69) is 43.0 Å². The van der Waals surface area contributed by atoms with Crippen molar-refractivity contribution < 1.29 is 18.9 Å². The minimum Gasteiger partial charge on any atom is -0.493 e. The Bertz CT molecular complexity index is 1110. The number of methoxy groups -OCH3 is 4. The molecule has 0 spiro atoms. The Hall–Kier alpha value is -2.76. The van der Waals surface area contributed by atoms with Gasteiger partial charge in [-0.05, 0) is 65.4 Å². The summed E-state index contributed by atoms with van der Waals surface area (Å²) in [6.45, 7) is 4.57. The zero-order valence-electron chi connectivity index (χ0n) is 20.8. The van der Waals surface area contributed by atoms with E-state index in [0.29, 0.717) is 44.9 Å². The second kappa shape index (κ2) is 10.5. The fraction of sp³-hybridized carbons (Fsp3) is 0.357. The summed E-state index contributed by atoms with van der Waals surface area (Å²) in [5.41, 5.74) is 3.21. The lowest BCUT2D eigenvalue weighted by Crippen LogP contribution is -2.28. The predicted octanol–water partition coefficient (Wildman–Crippen LogP) is 7.60. The number of nitrogens with zero attached hydrogens (tertiary/aromatic N) is 1. The molecule has 0 aromatic heterocycles. The molecule has 1 aliphatic rings. The summed E-state index contributed by atoms with van der Waals surface area (Å²) in [5, 5.41) is 1.19. The number of hydrogen-bond acceptors (Lipinski definition) is 5. The molecule has 5 nitrogen and oxygen atoms in total. The monoisotopic (exact) mass is 515 g/mol. The maximum absolute atomic E-state index is 6.48. The average molecular weight is 516 g/mol. The highest BCUT2D eigenvalue weighted by atomic mass is 35.5. The summed E-state index contributed by atoms with van der Waals surface area (Å²) in [5.74, 6) is 3.38. The molecule has 0 radical (unpaired) electrons. The van der Waals surface area contributed by atoms with E-state index in [1.54, 1.807) is 34.5 Å². The summed E-state index contributed by atoms with van der Waals surface area (Å²) in [7, 11) is 6.60. The van der Waals surface area contributed by atoms with E-state index in [1.807, 2.05) is 24.3 Å². The molecular weight excluding hydrogens is 485 g/mol. The molecule has 1 fully saturated rings. The van der Waals surface area contributed by atoms with Crippen LogP contribution in [0.1, 0.15) is 37.1 Å². The number of hydrogen-bond donors (Lipinski definition) is 0. The highest BCUT2D eigenvalue weighted by molar-refractivity contribution is 6.35. The van der Waals surface area contributed by atoms with Gasteiger partial charge in [-0.1, -0.05) is 49.2 Å². The quantitative estimate of drug-likeness (QED) is 0.323. The standard InChI is InChI=1S/C28H31Cl2NO4/c1-16-17(2)28(19-8-10-24(33-4)26(12-19)35-6)31(22-14-20(29)13-21(30)15-22)27(16)18-7-9-23(32-3)25(11-18)34-5/h7-17,27-28H,1-6H3/t16-,17-,27-,28-/m0/s1. The molecule has 1 heterocycles. The van der Waals surface area contributed by atoms with Crippen LogP contribution in [-0.4, -0.2) is 28.4 Å². The van der Waals surface area contributed by atoms with Crippen molar-refractivity contribution in [3.05, 3.63) is 75.8 Å². The fourth-order valence-corrected chi connectivity index (χ4v) is 5.78. The Morgan fingerprint density at radius 1 is 0.571 bits per heavy atom. The Balaban J connectivity index is 1.91. The summed E-state index contributed by atoms with van der Waals surface area (Å²) in [6, 6.07) is 18.0. The molecule has 7 heteroatoms. The van der Waals surface area contributed by atoms with E-state index in [1.165, 1.54) is 0 Å². The van der Waals surface area contributed by atoms with Crippen molar-refractivity contribution in [2.24, 2.45) is 11.8 Å². The van der Waals surface area contributed by atoms with E-state index in [9.17, 15) is 0 Å². The maximum Gasteiger partial charge on any atom is 0.161 e. The van der Waals surface area contributed by atoms with Gasteiger partial charge in [0.1, 0.15) is 0 Å². The van der Waals surface area contributed by atoms with Gasteiger partial charge in [0.25, 0.3) is 0 Å². The van der Waals surface area contributed by atoms with Gasteiger partial charge in [-0.3, -0.25) is 0 Å². The van der Waals surface area contributed by atoms with Crippen LogP contribution < -0.4 is 23.8 Å². The number of anilines is 1. The SMILES string of the molecule is COc1ccc([C@@H]2[C@@H](C)[C@H](C)[C@@H](c3ccc(OC)c(OC)c3)N2c2cc(Cl)cc(Cl)c2)cc1OC. The van der Waals surface area contributed by atoms with Gasteiger partial charge in [0.05, 0.1) is 40.5 Å². The van der Waals surface area contributed by atoms with E-state index < -0.39 is 0 Å². The van der Waals surface area contributed by atoms with Gasteiger partial charge in [-0.25, -0.2) is 0 Å². The summed E-state index contributed by atoms with van der Waals surface area (Å²) >= 11 is 13.0. The first kappa shape index (κ1) is 25.3. The van der Waals surface area contributed by atoms with Gasteiger partial charge in [0.2, 0.25) is 0 Å². The number of ether oxygens (including phenoxy) is 4. The molecule has 3 aromatic rings. The van der Waals surface area contributed by atoms with Gasteiger partial charge in [0, 0.05) is 15.7 Å². The molecule has 35 heavy (non-hydrogen) atoms. The molecular formula is C28H31Cl2NO4. The lowest BCUT2D eigenvalue weighted by Gasteiger charge is -2.35. The van der Waals surface area contributed by atoms with Crippen molar-refractivity contribution in [2.75, 3.05) is 33.3 Å². The minimum absolute atomic E-state index is 0.0393. The molecule has 0 N–H and O–H groups in total. The van der Waals surface area contributed by atoms with Crippen LogP contribution >= 0.6 is 23.2 Å². The van der Waals surface area contributed by atoms with Crippen molar-refractivity contribution >= 4 is 28.9 Å². The molecule has 1 aliphatic heterocycles. The first-order chi connectivity index (χ1) is 16.8. The molecule has 4 atom stereocenters. The van der Waals surface area contributed by atoms with Crippen LogP contribution in [0.4, 0.5) is 5.69 Å². The Morgan fingerprint density at radius 3 is 1.34 bits per heavy atom. The maximum atomic E-state index is 6.48. The van der Waals surface area contributed by atoms with Crippen LogP contribution in [0.5, 0.6) is 23.0 Å². The number of benzene rings is 3. The average Bonchev–Trinajstić information content (AvgIpc) is 3.12. The lowest BCUT2D eigenvalue weighted by molar-refractivity contribution is 0.352. The predicted molar refractivity (Wildman–Crippen MR) is 142 cm³/mol. The normalized spacial score (nSPS) is 21.7. The van der Waals surface area contributed by atoms with E-state index in [0.717, 1.165) is 16.8 Å². The smallest absolute Gasteiger partial charge is 0.161 e. The minimum atomic E-state index is 0.0393. The lowest BCUT2D eigenvalue weighted by atomic mass is 9.85. The van der Waals surface area contributed by atoms with Gasteiger partial charge in [-0.2, -0.15) is 0 Å². The summed E-state index contributed by atoms with van der Waals surface area (Å²) < 4.78 is 22.2. The third-order valence-electron chi connectivity index (χ3n) is 7.07. The van der Waals surface area contributed by atoms with E-state index in [4.69, 9.17) is 42.1 Å². The van der Waals surface area contributed by atoms with Crippen LogP contribution in [0.2, 0.25) is 10.0 Å². The van der Waals surface area contributed by atoms with Crippen molar-refractivity contribution in [1.82, 2.24) is 0 Å². The largest absolute Gasteiger partial charge is 0.493 e. The molecule has 3 aromatic carbocycles. The molecule has 1 saturated heterocycles. The van der Waals surface area contributed by atoms with Gasteiger partial charge >= 0.3 is 0 Å². The van der Waals surface area contributed by atoms with Gasteiger partial charge < -0.3 is 23.8 Å². The third-order valence-corrected chi connectivity index (χ3v) is 7.50. The third kappa shape index (κ3) is 4.72. The van der Waals surface area contributed by atoms with Crippen molar-refractivity contribution in [3.63, 3.8) is 0 Å². The molecule has 4 rings (SSSR count). The zero-order valence-corrected chi connectivity index (χ0v) is 22.4. The second-order valence-electron chi connectivity index (χ2n) is 8.87. The molecule has 0 bridgehead atoms. The Morgan fingerprint density at radius 2 is 0.971 bits per heavy atom. The van der Waals surface area contributed by atoms with Crippen LogP contribution in [-0.2, 0) is 0 Å². The number of rotatable bonds is 7. The van der Waals surface area contributed by atoms with Gasteiger partial charge in [-0.15, -0.1) is 0 Å². The van der Waals surface area contributed by atoms with Crippen molar-refractivity contribution in [3.8, 4) is 23.0 Å². The molecule has 0 amide bonds. The Labute approximate surface area is 217 Å². The van der Waals surface area contributed by atoms with Crippen LogP contribution in [0, 0.1) is 11.8 Å². The van der Waals surface area contributed by atoms with E-state index >= 15 is 0 Å². The van der Waals surface area contributed by atoms with Crippen molar-refractivity contribution in [2.45, 2.75) is 25.9 Å². The van der Waals surface area contributed by atoms with Crippen LogP contribution in [0.25, 0.3) is 0 Å². The second-order valence-corrected chi connectivity index (χ2v) is 9.74. The van der Waals surface area contributed by atoms with Crippen molar-refractivity contribution in [1.29, 1.82) is 0 Å². The molecule has 0 aliphatic carbocycles. The summed E-state index contributed by atoms with van der Waals surface area (Å²) in [4.78, 5) is 2.41. The fourth-order valence-electron chi connectivity index (χ4n) is 5.27. The first-order valence-electron chi connectivity index (χ1n) is 11.5. The highest BCUT2D eigenvalue weighted by Gasteiger charge is 2.46. The number of halogens is 2. The van der Waals surface area contributed by atoms with E-state index in [-0.39, 0.29) is 12.1 Å². The highest BCUT2D eigenvalue weighted by Crippen LogP contribution is 2.55. The van der Waals surface area contributed by atoms with Crippen LogP contribution in [0.3, 0.4) is 0 Å². The Kier molecular flexibility index (Phi) is 7.58. The molecule has 0 unspecified atom stereocenters. The van der Waals surface area contributed by atoms with Crippen LogP contribution in [0.15, 0.2) is 54.6 Å². The molecule has 0 saturated carbocycles. The first-order valence-corrected chi connectivity index (χ1v) is 12.3. The molecule has 186 valence electrons. The van der Waals surface area contributed by atoms with Gasteiger partial charge in [0.15, 0.2) is 23.0 Å². The summed E-state index contributed by atoms with van der Waals surface area (Å²) in [6.07, 6.45) is 0. The zero-order chi connectivity index (χ0) is 25.3.